The van der Waals surface area contributed by atoms with E-state index in [1.165, 1.54) is 0 Å². The van der Waals surface area contributed by atoms with E-state index in [1.54, 1.807) is 6.92 Å². The maximum absolute atomic E-state index is 11.2. The van der Waals surface area contributed by atoms with Gasteiger partial charge in [0.15, 0.2) is 0 Å². The van der Waals surface area contributed by atoms with Crippen LogP contribution >= 0.6 is 15.9 Å². The Labute approximate surface area is 79.2 Å². The van der Waals surface area contributed by atoms with Gasteiger partial charge >= 0.3 is 0 Å². The minimum Gasteiger partial charge on any atom is -0.784 e. The molecule has 3 unspecified atom stereocenters. The lowest BCUT2D eigenvalue weighted by molar-refractivity contribution is -0.0991. The summed E-state index contributed by atoms with van der Waals surface area (Å²) in [5.41, 5.74) is 0. The molecule has 0 radical (unpaired) electrons. The number of hydrogen-bond donors (Lipinski definition) is 1. The number of halogens is 1. The molecule has 0 aromatic carbocycles. The van der Waals surface area contributed by atoms with Gasteiger partial charge in [0.25, 0.3) is 0 Å². The van der Waals surface area contributed by atoms with Crippen molar-refractivity contribution < 1.29 is 5.21 Å². The van der Waals surface area contributed by atoms with Gasteiger partial charge in [0.2, 0.25) is 0 Å². The molecule has 1 aliphatic rings. The second kappa shape index (κ2) is 3.99. The van der Waals surface area contributed by atoms with E-state index in [0.717, 1.165) is 5.06 Å². The first-order valence-electron chi connectivity index (χ1n) is 3.77. The summed E-state index contributed by atoms with van der Waals surface area (Å²) in [6, 6.07) is -0.689. The fourth-order valence-electron chi connectivity index (χ4n) is 1.38. The van der Waals surface area contributed by atoms with Crippen molar-refractivity contribution in [2.75, 3.05) is 0 Å². The molecule has 1 N–H and O–H groups in total. The van der Waals surface area contributed by atoms with Crippen LogP contribution in [-0.4, -0.2) is 32.5 Å². The molecule has 0 aromatic heterocycles. The molecule has 1 heterocycles. The van der Waals surface area contributed by atoms with Gasteiger partial charge in [-0.25, -0.2) is 0 Å². The molecule has 1 rings (SSSR count). The molecule has 0 aliphatic carbocycles. The zero-order chi connectivity index (χ0) is 9.30. The summed E-state index contributed by atoms with van der Waals surface area (Å²) in [4.78, 5) is -0.366. The highest BCUT2D eigenvalue weighted by Crippen LogP contribution is 2.27. The minimum atomic E-state index is -0.463. The molecule has 5 nitrogen and oxygen atoms in total. The normalized spacial score (nSPS) is 39.0. The number of rotatable bonds is 1. The van der Waals surface area contributed by atoms with E-state index in [2.05, 4.69) is 15.9 Å². The highest BCUT2D eigenvalue weighted by Gasteiger charge is 2.26. The van der Waals surface area contributed by atoms with Gasteiger partial charge in [-0.3, -0.25) is 5.23 Å². The lowest BCUT2D eigenvalue weighted by Crippen LogP contribution is -2.47. The summed E-state index contributed by atoms with van der Waals surface area (Å²) in [6.45, 7) is 1.73. The molecule has 0 saturated carbocycles. The predicted octanol–water partition coefficient (Wildman–Crippen LogP) is 1.25. The van der Waals surface area contributed by atoms with Crippen molar-refractivity contribution in [1.82, 2.24) is 10.3 Å². The van der Waals surface area contributed by atoms with E-state index in [-0.39, 0.29) is 16.2 Å². The van der Waals surface area contributed by atoms with Crippen molar-refractivity contribution in [3.8, 4) is 0 Å². The smallest absolute Gasteiger partial charge is 0.0559 e. The van der Waals surface area contributed by atoms with E-state index in [4.69, 9.17) is 5.21 Å². The third-order valence-corrected chi connectivity index (χ3v) is 2.88. The van der Waals surface area contributed by atoms with Crippen molar-refractivity contribution in [1.29, 1.82) is 0 Å². The van der Waals surface area contributed by atoms with Crippen LogP contribution in [0.15, 0.2) is 0 Å². The first kappa shape index (κ1) is 10.4. The van der Waals surface area contributed by atoms with Crippen molar-refractivity contribution >= 4 is 15.9 Å². The average molecular weight is 239 g/mol. The quantitative estimate of drug-likeness (QED) is 0.423. The largest absolute Gasteiger partial charge is 0.784 e. The van der Waals surface area contributed by atoms with Crippen LogP contribution < -0.4 is 0 Å². The van der Waals surface area contributed by atoms with Gasteiger partial charge in [0, 0.05) is 6.04 Å². The summed E-state index contributed by atoms with van der Waals surface area (Å²) < 4.78 is 0. The zero-order valence-electron chi connectivity index (χ0n) is 6.68. The van der Waals surface area contributed by atoms with E-state index in [9.17, 15) is 10.4 Å². The predicted molar refractivity (Wildman–Crippen MR) is 47.4 cm³/mol. The molecular weight excluding hydrogens is 228 g/mol. The van der Waals surface area contributed by atoms with Crippen LogP contribution in [0.4, 0.5) is 0 Å². The molecule has 1 saturated heterocycles. The van der Waals surface area contributed by atoms with E-state index >= 15 is 0 Å². The fourth-order valence-corrected chi connectivity index (χ4v) is 2.21. The van der Waals surface area contributed by atoms with Crippen LogP contribution in [0.25, 0.3) is 0 Å². The fraction of sp³-hybridized carbons (Fsp3) is 1.00. The highest BCUT2D eigenvalue weighted by atomic mass is 79.9. The molecule has 1 fully saturated rings. The zero-order valence-corrected chi connectivity index (χ0v) is 8.27. The maximum atomic E-state index is 11.2. The molecule has 0 bridgehead atoms. The molecule has 1 aliphatic heterocycles. The second-order valence-electron chi connectivity index (χ2n) is 3.07. The number of hydroxylamine groups is 4. The van der Waals surface area contributed by atoms with Gasteiger partial charge in [-0.15, -0.1) is 0 Å². The molecule has 3 atom stereocenters. The van der Waals surface area contributed by atoms with Crippen molar-refractivity contribution in [3.63, 3.8) is 0 Å². The lowest BCUT2D eigenvalue weighted by atomic mass is 10.0. The van der Waals surface area contributed by atoms with Gasteiger partial charge in [0.05, 0.1) is 4.95 Å². The van der Waals surface area contributed by atoms with Crippen molar-refractivity contribution in [3.05, 3.63) is 10.4 Å². The summed E-state index contributed by atoms with van der Waals surface area (Å²) in [6.07, 6.45) is 0.763. The topological polar surface area (TPSA) is 72.8 Å². The Balaban J connectivity index is 2.53. The Kier molecular flexibility index (Phi) is 3.45. The molecule has 72 valence electrons. The van der Waals surface area contributed by atoms with Crippen LogP contribution in [0, 0.1) is 10.4 Å². The van der Waals surface area contributed by atoms with Crippen molar-refractivity contribution in [2.24, 2.45) is 0 Å². The highest BCUT2D eigenvalue weighted by molar-refractivity contribution is 9.09. The van der Waals surface area contributed by atoms with Gasteiger partial charge in [-0.05, 0) is 18.9 Å². The minimum absolute atomic E-state index is 0.0578. The molecule has 0 amide bonds. The monoisotopic (exact) mass is 238 g/mol. The maximum Gasteiger partial charge on any atom is 0.0559 e. The Hall–Kier alpha value is 0.280. The Morgan fingerprint density at radius 3 is 2.58 bits per heavy atom. The van der Waals surface area contributed by atoms with Crippen LogP contribution in [0.5, 0.6) is 0 Å². The average Bonchev–Trinajstić information content (AvgIpc) is 1.99. The molecule has 0 spiro atoms. The Morgan fingerprint density at radius 2 is 2.17 bits per heavy atom. The first-order valence-corrected chi connectivity index (χ1v) is 4.68. The van der Waals surface area contributed by atoms with Crippen molar-refractivity contribution in [2.45, 2.75) is 36.8 Å². The standard InChI is InChI=1S/C6H11BrN2O3/c1-4-2-5(9(11)12)3-6(7)8(4)10/h4-6,11H,2-3H2,1H3/q-2. The SMILES string of the molecule is CC1CC(N([O-])O)CC(Br)N1[O-]. The number of piperidine rings is 1. The van der Waals surface area contributed by atoms with Gasteiger partial charge in [-0.2, -0.15) is 0 Å². The molecular formula is C6H11BrN2O3-2. The van der Waals surface area contributed by atoms with Crippen LogP contribution in [-0.2, 0) is 0 Å². The first-order chi connectivity index (χ1) is 5.52. The molecule has 0 aromatic rings. The van der Waals surface area contributed by atoms with Crippen LogP contribution in [0.3, 0.4) is 0 Å². The summed E-state index contributed by atoms with van der Waals surface area (Å²) in [7, 11) is 0. The second-order valence-corrected chi connectivity index (χ2v) is 4.13. The third kappa shape index (κ3) is 2.15. The Morgan fingerprint density at radius 1 is 1.58 bits per heavy atom. The van der Waals surface area contributed by atoms with E-state index in [1.807, 2.05) is 0 Å². The molecule has 6 heteroatoms. The summed E-state index contributed by atoms with van der Waals surface area (Å²) in [5.74, 6) is 0. The lowest BCUT2D eigenvalue weighted by Gasteiger charge is -2.48. The summed E-state index contributed by atoms with van der Waals surface area (Å²) in [5, 5.41) is 31.2. The third-order valence-electron chi connectivity index (χ3n) is 2.10. The van der Waals surface area contributed by atoms with E-state index < -0.39 is 6.04 Å². The van der Waals surface area contributed by atoms with Crippen LogP contribution in [0.1, 0.15) is 19.8 Å². The Bertz CT molecular complexity index is 146. The molecule has 12 heavy (non-hydrogen) atoms. The van der Waals surface area contributed by atoms with E-state index in [0.29, 0.717) is 12.8 Å². The number of nitrogens with zero attached hydrogens (tertiary/aromatic N) is 2. The summed E-state index contributed by atoms with van der Waals surface area (Å²) >= 11 is 3.14. The van der Waals surface area contributed by atoms with Gasteiger partial charge in [-0.1, -0.05) is 22.9 Å². The number of hydrogen-bond acceptors (Lipinski definition) is 5. The number of alkyl halides is 1. The van der Waals surface area contributed by atoms with Gasteiger partial charge in [0.1, 0.15) is 0 Å². The van der Waals surface area contributed by atoms with Crippen LogP contribution in [0.2, 0.25) is 0 Å². The van der Waals surface area contributed by atoms with Gasteiger partial charge < -0.3 is 20.7 Å².